The van der Waals surface area contributed by atoms with Crippen LogP contribution in [0.3, 0.4) is 0 Å². The number of hydrogen-bond donors (Lipinski definition) is 2. The van der Waals surface area contributed by atoms with E-state index in [1.807, 2.05) is 24.3 Å². The molecule has 1 aliphatic rings. The third-order valence-electron chi connectivity index (χ3n) is 6.01. The van der Waals surface area contributed by atoms with Crippen molar-refractivity contribution in [2.24, 2.45) is 5.92 Å². The molecule has 1 aromatic heterocycles. The highest BCUT2D eigenvalue weighted by molar-refractivity contribution is 5.94. The molecule has 1 aliphatic heterocycles. The van der Waals surface area contributed by atoms with Gasteiger partial charge in [-0.15, -0.1) is 0 Å². The zero-order valence-electron chi connectivity index (χ0n) is 18.4. The summed E-state index contributed by atoms with van der Waals surface area (Å²) in [6, 6.07) is 19.4. The Balaban J connectivity index is 1.40. The topological polar surface area (TPSA) is 102 Å². The van der Waals surface area contributed by atoms with Gasteiger partial charge in [-0.1, -0.05) is 24.3 Å². The highest BCUT2D eigenvalue weighted by Crippen LogP contribution is 2.24. The van der Waals surface area contributed by atoms with E-state index >= 15 is 0 Å². The van der Waals surface area contributed by atoms with Gasteiger partial charge < -0.3 is 15.3 Å². The second kappa shape index (κ2) is 10.7. The third-order valence-corrected chi connectivity index (χ3v) is 6.01. The van der Waals surface area contributed by atoms with Gasteiger partial charge in [-0.25, -0.2) is 9.97 Å². The van der Waals surface area contributed by atoms with E-state index in [-0.39, 0.29) is 19.1 Å². The van der Waals surface area contributed by atoms with Crippen LogP contribution < -0.4 is 10.2 Å². The lowest BCUT2D eigenvalue weighted by Crippen LogP contribution is -2.34. The summed E-state index contributed by atoms with van der Waals surface area (Å²) in [5.41, 5.74) is 4.56. The van der Waals surface area contributed by atoms with Crippen LogP contribution in [-0.2, 0) is 6.42 Å². The fourth-order valence-corrected chi connectivity index (χ4v) is 4.04. The summed E-state index contributed by atoms with van der Waals surface area (Å²) in [6.45, 7) is 2.23. The van der Waals surface area contributed by atoms with Crippen molar-refractivity contribution in [1.82, 2.24) is 15.3 Å². The van der Waals surface area contributed by atoms with Crippen molar-refractivity contribution in [2.45, 2.75) is 19.3 Å². The van der Waals surface area contributed by atoms with Gasteiger partial charge in [0.25, 0.3) is 5.91 Å². The molecule has 2 aromatic carbocycles. The SMILES string of the molecule is N#CCNC(=O)c1ccc(-c2ccnc(Cc3ccc(N4CCC(CO)CC4)cc3)n2)cc1. The Kier molecular flexibility index (Phi) is 7.28. The van der Waals surface area contributed by atoms with Gasteiger partial charge in [-0.3, -0.25) is 4.79 Å². The van der Waals surface area contributed by atoms with Crippen LogP contribution in [0.25, 0.3) is 11.3 Å². The number of nitrogens with one attached hydrogen (secondary N) is 1. The molecule has 33 heavy (non-hydrogen) atoms. The van der Waals surface area contributed by atoms with Crippen molar-refractivity contribution in [3.05, 3.63) is 77.7 Å². The van der Waals surface area contributed by atoms with Crippen molar-refractivity contribution >= 4 is 11.6 Å². The molecule has 3 aromatic rings. The molecule has 2 heterocycles. The van der Waals surface area contributed by atoms with Crippen LogP contribution in [0.15, 0.2) is 60.8 Å². The van der Waals surface area contributed by atoms with Crippen LogP contribution >= 0.6 is 0 Å². The predicted octanol–water partition coefficient (Wildman–Crippen LogP) is 3.20. The van der Waals surface area contributed by atoms with Crippen LogP contribution in [0.4, 0.5) is 5.69 Å². The van der Waals surface area contributed by atoms with Crippen LogP contribution in [-0.4, -0.2) is 47.2 Å². The molecule has 0 spiro atoms. The lowest BCUT2D eigenvalue weighted by atomic mass is 9.97. The van der Waals surface area contributed by atoms with Crippen LogP contribution in [0.5, 0.6) is 0 Å². The van der Waals surface area contributed by atoms with Gasteiger partial charge in [0.2, 0.25) is 0 Å². The van der Waals surface area contributed by atoms with Gasteiger partial charge in [0.05, 0.1) is 11.8 Å². The average Bonchev–Trinajstić information content (AvgIpc) is 2.88. The standard InChI is InChI=1S/C26H27N5O2/c27-12-14-29-26(33)22-5-3-21(4-6-22)24-9-13-28-25(30-24)17-19-1-7-23(8-2-19)31-15-10-20(18-32)11-16-31/h1-9,13,20,32H,10-11,14-18H2,(H,29,33). The number of carbonyl (C=O) groups excluding carboxylic acids is 1. The molecule has 0 atom stereocenters. The number of piperidine rings is 1. The molecule has 0 radical (unpaired) electrons. The molecular weight excluding hydrogens is 414 g/mol. The largest absolute Gasteiger partial charge is 0.396 e. The van der Waals surface area contributed by atoms with Crippen molar-refractivity contribution in [1.29, 1.82) is 5.26 Å². The fourth-order valence-electron chi connectivity index (χ4n) is 4.04. The van der Waals surface area contributed by atoms with Crippen molar-refractivity contribution in [3.63, 3.8) is 0 Å². The molecule has 168 valence electrons. The highest BCUT2D eigenvalue weighted by atomic mass is 16.3. The molecule has 0 saturated carbocycles. The maximum absolute atomic E-state index is 12.0. The zero-order valence-corrected chi connectivity index (χ0v) is 18.4. The number of aliphatic hydroxyl groups is 1. The Bertz CT molecular complexity index is 1110. The van der Waals surface area contributed by atoms with E-state index in [0.29, 0.717) is 17.9 Å². The van der Waals surface area contributed by atoms with E-state index in [9.17, 15) is 9.90 Å². The number of anilines is 1. The highest BCUT2D eigenvalue weighted by Gasteiger charge is 2.18. The number of hydrogen-bond acceptors (Lipinski definition) is 6. The minimum atomic E-state index is -0.271. The van der Waals surface area contributed by atoms with E-state index in [1.165, 1.54) is 5.69 Å². The lowest BCUT2D eigenvalue weighted by Gasteiger charge is -2.32. The molecule has 1 saturated heterocycles. The molecule has 0 bridgehead atoms. The van der Waals surface area contributed by atoms with Crippen molar-refractivity contribution < 1.29 is 9.90 Å². The number of aliphatic hydroxyl groups excluding tert-OH is 1. The molecule has 2 N–H and O–H groups in total. The predicted molar refractivity (Wildman–Crippen MR) is 127 cm³/mol. The molecule has 1 fully saturated rings. The lowest BCUT2D eigenvalue weighted by molar-refractivity contribution is 0.0958. The Morgan fingerprint density at radius 3 is 2.48 bits per heavy atom. The normalized spacial score (nSPS) is 14.0. The number of rotatable bonds is 7. The average molecular weight is 442 g/mol. The van der Waals surface area contributed by atoms with E-state index < -0.39 is 0 Å². The number of nitriles is 1. The molecule has 7 nitrogen and oxygen atoms in total. The first-order chi connectivity index (χ1) is 16.2. The minimum Gasteiger partial charge on any atom is -0.396 e. The number of nitrogens with zero attached hydrogens (tertiary/aromatic N) is 4. The molecular formula is C26H27N5O2. The molecule has 1 amide bonds. The van der Waals surface area contributed by atoms with E-state index in [4.69, 9.17) is 10.2 Å². The maximum atomic E-state index is 12.0. The molecule has 0 unspecified atom stereocenters. The smallest absolute Gasteiger partial charge is 0.252 e. The van der Waals surface area contributed by atoms with Gasteiger partial charge in [-0.2, -0.15) is 5.26 Å². The number of carbonyl (C=O) groups is 1. The van der Waals surface area contributed by atoms with Gasteiger partial charge in [0.15, 0.2) is 0 Å². The Hall–Kier alpha value is -3.76. The van der Waals surface area contributed by atoms with E-state index in [2.05, 4.69) is 39.5 Å². The van der Waals surface area contributed by atoms with E-state index in [0.717, 1.165) is 48.6 Å². The number of aromatic nitrogens is 2. The van der Waals surface area contributed by atoms with Gasteiger partial charge >= 0.3 is 0 Å². The quantitative estimate of drug-likeness (QED) is 0.546. The summed E-state index contributed by atoms with van der Waals surface area (Å²) < 4.78 is 0. The van der Waals surface area contributed by atoms with Crippen molar-refractivity contribution in [3.8, 4) is 17.3 Å². The van der Waals surface area contributed by atoms with Gasteiger partial charge in [-0.05, 0) is 54.7 Å². The second-order valence-electron chi connectivity index (χ2n) is 8.23. The Morgan fingerprint density at radius 1 is 1.09 bits per heavy atom. The summed E-state index contributed by atoms with van der Waals surface area (Å²) in [4.78, 5) is 23.5. The first-order valence-electron chi connectivity index (χ1n) is 11.2. The van der Waals surface area contributed by atoms with Crippen LogP contribution in [0.1, 0.15) is 34.6 Å². The summed E-state index contributed by atoms with van der Waals surface area (Å²) in [5, 5.41) is 20.4. The minimum absolute atomic E-state index is 0.0148. The molecule has 0 aliphatic carbocycles. The van der Waals surface area contributed by atoms with Crippen LogP contribution in [0.2, 0.25) is 0 Å². The summed E-state index contributed by atoms with van der Waals surface area (Å²) >= 11 is 0. The number of benzene rings is 2. The summed E-state index contributed by atoms with van der Waals surface area (Å²) in [6.07, 6.45) is 4.45. The summed E-state index contributed by atoms with van der Waals surface area (Å²) in [7, 11) is 0. The zero-order chi connectivity index (χ0) is 23.0. The monoisotopic (exact) mass is 441 g/mol. The first-order valence-corrected chi connectivity index (χ1v) is 11.2. The molecule has 7 heteroatoms. The third kappa shape index (κ3) is 5.73. The Labute approximate surface area is 193 Å². The maximum Gasteiger partial charge on any atom is 0.252 e. The van der Waals surface area contributed by atoms with Gasteiger partial charge in [0.1, 0.15) is 12.4 Å². The van der Waals surface area contributed by atoms with Gasteiger partial charge in [0, 0.05) is 49.1 Å². The van der Waals surface area contributed by atoms with Crippen molar-refractivity contribution in [2.75, 3.05) is 31.1 Å². The summed E-state index contributed by atoms with van der Waals surface area (Å²) in [5.74, 6) is 0.898. The number of amides is 1. The Morgan fingerprint density at radius 2 is 1.82 bits per heavy atom. The second-order valence-corrected chi connectivity index (χ2v) is 8.23. The van der Waals surface area contributed by atoms with E-state index in [1.54, 1.807) is 18.3 Å². The van der Waals surface area contributed by atoms with Crippen LogP contribution in [0, 0.1) is 17.2 Å². The fraction of sp³-hybridized carbons (Fsp3) is 0.308. The molecule has 4 rings (SSSR count). The first kappa shape index (κ1) is 22.4.